The third kappa shape index (κ3) is 2.75. The molecule has 0 radical (unpaired) electrons. The Balaban J connectivity index is 2.36. The number of hydrogen-bond donors (Lipinski definition) is 1. The Bertz CT molecular complexity index is 611. The minimum Gasteiger partial charge on any atom is -0.481 e. The molecule has 0 atom stereocenters. The van der Waals surface area contributed by atoms with Crippen molar-refractivity contribution in [3.63, 3.8) is 0 Å². The van der Waals surface area contributed by atoms with E-state index < -0.39 is 5.97 Å². The molecule has 1 N–H and O–H groups in total. The lowest BCUT2D eigenvalue weighted by Crippen LogP contribution is -2.11. The molecule has 0 fully saturated rings. The van der Waals surface area contributed by atoms with Gasteiger partial charge in [0, 0.05) is 18.9 Å². The molecule has 0 unspecified atom stereocenters. The summed E-state index contributed by atoms with van der Waals surface area (Å²) < 4.78 is 11.6. The van der Waals surface area contributed by atoms with Gasteiger partial charge in [0.2, 0.25) is 5.88 Å². The Morgan fingerprint density at radius 3 is 2.90 bits per heavy atom. The van der Waals surface area contributed by atoms with Gasteiger partial charge in [0.05, 0.1) is 26.0 Å². The van der Waals surface area contributed by atoms with Crippen molar-refractivity contribution in [1.29, 1.82) is 0 Å². The minimum absolute atomic E-state index is 0.108. The summed E-state index contributed by atoms with van der Waals surface area (Å²) >= 11 is 0. The van der Waals surface area contributed by atoms with Gasteiger partial charge in [0.1, 0.15) is 0 Å². The van der Waals surface area contributed by atoms with Gasteiger partial charge < -0.3 is 14.6 Å². The summed E-state index contributed by atoms with van der Waals surface area (Å²) in [7, 11) is 3.00. The lowest BCUT2D eigenvalue weighted by Gasteiger charge is -2.09. The van der Waals surface area contributed by atoms with Crippen LogP contribution >= 0.6 is 0 Å². The Hall–Kier alpha value is -2.48. The molecule has 2 heterocycles. The highest BCUT2D eigenvalue weighted by Crippen LogP contribution is 2.17. The van der Waals surface area contributed by atoms with Crippen LogP contribution in [-0.2, 0) is 17.9 Å². The summed E-state index contributed by atoms with van der Waals surface area (Å²) in [5.74, 6) is -0.676. The average Bonchev–Trinajstić information content (AvgIpc) is 2.83. The predicted molar refractivity (Wildman–Crippen MR) is 67.6 cm³/mol. The smallest absolute Gasteiger partial charge is 0.358 e. The second kappa shape index (κ2) is 6.11. The van der Waals surface area contributed by atoms with Gasteiger partial charge in [-0.15, -0.1) is 5.10 Å². The van der Waals surface area contributed by atoms with E-state index in [9.17, 15) is 4.79 Å². The van der Waals surface area contributed by atoms with Crippen LogP contribution in [0, 0.1) is 0 Å². The fourth-order valence-electron chi connectivity index (χ4n) is 1.80. The standard InChI is InChI=1S/C12H14N4O4/c1-19-7-9-10(12(17)18)14-15-16(9)6-8-4-3-5-13-11(8)20-2/h3-5H,6-7H2,1-2H3,(H,17,18). The molecule has 0 aliphatic heterocycles. The van der Waals surface area contributed by atoms with Crippen LogP contribution in [0.4, 0.5) is 0 Å². The van der Waals surface area contributed by atoms with Crippen molar-refractivity contribution in [2.24, 2.45) is 0 Å². The normalized spacial score (nSPS) is 10.5. The molecule has 2 aromatic rings. The Labute approximate surface area is 115 Å². The van der Waals surface area contributed by atoms with Crippen molar-refractivity contribution < 1.29 is 19.4 Å². The molecule has 0 aliphatic carbocycles. The van der Waals surface area contributed by atoms with Crippen molar-refractivity contribution in [3.8, 4) is 5.88 Å². The summed E-state index contributed by atoms with van der Waals surface area (Å²) in [6.45, 7) is 0.410. The van der Waals surface area contributed by atoms with Gasteiger partial charge in [0.25, 0.3) is 0 Å². The molecule has 8 nitrogen and oxygen atoms in total. The van der Waals surface area contributed by atoms with Crippen LogP contribution in [-0.4, -0.2) is 45.3 Å². The second-order valence-corrected chi connectivity index (χ2v) is 3.95. The summed E-state index contributed by atoms with van der Waals surface area (Å²) in [5, 5.41) is 16.6. The largest absolute Gasteiger partial charge is 0.481 e. The topological polar surface area (TPSA) is 99.4 Å². The molecule has 0 saturated carbocycles. The number of aromatic nitrogens is 4. The van der Waals surface area contributed by atoms with E-state index in [1.807, 2.05) is 6.07 Å². The Morgan fingerprint density at radius 1 is 1.45 bits per heavy atom. The number of hydrogen-bond acceptors (Lipinski definition) is 6. The Morgan fingerprint density at radius 2 is 2.25 bits per heavy atom. The number of carboxylic acid groups (broad SMARTS) is 1. The molecule has 0 spiro atoms. The van der Waals surface area contributed by atoms with Gasteiger partial charge in [0.15, 0.2) is 5.69 Å². The maximum Gasteiger partial charge on any atom is 0.358 e. The fraction of sp³-hybridized carbons (Fsp3) is 0.333. The molecule has 106 valence electrons. The highest BCUT2D eigenvalue weighted by Gasteiger charge is 2.19. The van der Waals surface area contributed by atoms with Gasteiger partial charge >= 0.3 is 5.97 Å². The number of aromatic carboxylic acids is 1. The minimum atomic E-state index is -1.14. The molecule has 0 aliphatic rings. The zero-order chi connectivity index (χ0) is 14.5. The molecular weight excluding hydrogens is 264 g/mol. The predicted octanol–water partition coefficient (Wildman–Crippen LogP) is 0.575. The zero-order valence-electron chi connectivity index (χ0n) is 11.1. The number of ether oxygens (including phenoxy) is 2. The molecule has 8 heteroatoms. The van der Waals surface area contributed by atoms with Crippen molar-refractivity contribution in [2.45, 2.75) is 13.2 Å². The van der Waals surface area contributed by atoms with Crippen LogP contribution in [0.2, 0.25) is 0 Å². The van der Waals surface area contributed by atoms with E-state index in [4.69, 9.17) is 14.6 Å². The number of carboxylic acids is 1. The fourth-order valence-corrected chi connectivity index (χ4v) is 1.80. The van der Waals surface area contributed by atoms with Crippen molar-refractivity contribution in [3.05, 3.63) is 35.3 Å². The number of pyridine rings is 1. The maximum atomic E-state index is 11.1. The second-order valence-electron chi connectivity index (χ2n) is 3.95. The summed E-state index contributed by atoms with van der Waals surface area (Å²) in [6.07, 6.45) is 1.61. The van der Waals surface area contributed by atoms with Crippen LogP contribution < -0.4 is 4.74 Å². The van der Waals surface area contributed by atoms with E-state index in [-0.39, 0.29) is 12.3 Å². The first-order valence-electron chi connectivity index (χ1n) is 5.79. The van der Waals surface area contributed by atoms with E-state index in [0.717, 1.165) is 5.56 Å². The highest BCUT2D eigenvalue weighted by atomic mass is 16.5. The number of methoxy groups -OCH3 is 2. The summed E-state index contributed by atoms with van der Waals surface area (Å²) in [6, 6.07) is 3.59. The number of nitrogens with zero attached hydrogens (tertiary/aromatic N) is 4. The molecule has 0 amide bonds. The van der Waals surface area contributed by atoms with Crippen LogP contribution in [0.25, 0.3) is 0 Å². The molecule has 2 rings (SSSR count). The quantitative estimate of drug-likeness (QED) is 0.824. The first-order chi connectivity index (χ1) is 9.67. The van der Waals surface area contributed by atoms with Gasteiger partial charge in [-0.1, -0.05) is 11.3 Å². The van der Waals surface area contributed by atoms with Crippen molar-refractivity contribution in [2.75, 3.05) is 14.2 Å². The molecule has 0 saturated heterocycles. The van der Waals surface area contributed by atoms with Gasteiger partial charge in [-0.25, -0.2) is 14.5 Å². The Kier molecular flexibility index (Phi) is 4.26. The summed E-state index contributed by atoms with van der Waals surface area (Å²) in [4.78, 5) is 15.2. The number of rotatable bonds is 6. The van der Waals surface area contributed by atoms with Crippen LogP contribution in [0.15, 0.2) is 18.3 Å². The van der Waals surface area contributed by atoms with Gasteiger partial charge in [-0.3, -0.25) is 0 Å². The van der Waals surface area contributed by atoms with Crippen LogP contribution in [0.1, 0.15) is 21.7 Å². The monoisotopic (exact) mass is 278 g/mol. The van der Waals surface area contributed by atoms with Crippen LogP contribution in [0.3, 0.4) is 0 Å². The van der Waals surface area contributed by atoms with E-state index in [1.54, 1.807) is 12.3 Å². The molecular formula is C12H14N4O4. The first kappa shape index (κ1) is 13.9. The third-order valence-electron chi connectivity index (χ3n) is 2.68. The lowest BCUT2D eigenvalue weighted by molar-refractivity contribution is 0.0684. The molecule has 0 aromatic carbocycles. The average molecular weight is 278 g/mol. The number of carbonyl (C=O) groups is 1. The van der Waals surface area contributed by atoms with Gasteiger partial charge in [-0.05, 0) is 6.07 Å². The first-order valence-corrected chi connectivity index (χ1v) is 5.79. The van der Waals surface area contributed by atoms with Crippen molar-refractivity contribution >= 4 is 5.97 Å². The molecule has 0 bridgehead atoms. The highest BCUT2D eigenvalue weighted by molar-refractivity contribution is 5.86. The SMILES string of the molecule is COCc1c(C(=O)O)nnn1Cc1cccnc1OC. The molecule has 2 aromatic heterocycles. The van der Waals surface area contributed by atoms with E-state index in [2.05, 4.69) is 15.3 Å². The molecule has 20 heavy (non-hydrogen) atoms. The zero-order valence-corrected chi connectivity index (χ0v) is 11.1. The van der Waals surface area contributed by atoms with E-state index >= 15 is 0 Å². The van der Waals surface area contributed by atoms with E-state index in [0.29, 0.717) is 18.1 Å². The maximum absolute atomic E-state index is 11.1. The van der Waals surface area contributed by atoms with Crippen molar-refractivity contribution in [1.82, 2.24) is 20.0 Å². The van der Waals surface area contributed by atoms with Crippen LogP contribution in [0.5, 0.6) is 5.88 Å². The third-order valence-corrected chi connectivity index (χ3v) is 2.68. The lowest BCUT2D eigenvalue weighted by atomic mass is 10.2. The van der Waals surface area contributed by atoms with Gasteiger partial charge in [-0.2, -0.15) is 0 Å². The van der Waals surface area contributed by atoms with E-state index in [1.165, 1.54) is 18.9 Å². The summed E-state index contributed by atoms with van der Waals surface area (Å²) in [5.41, 5.74) is 1.05.